The minimum absolute atomic E-state index is 0.0106. The molecule has 4 rings (SSSR count). The highest BCUT2D eigenvalue weighted by Gasteiger charge is 2.44. The van der Waals surface area contributed by atoms with Crippen molar-refractivity contribution < 1.29 is 48.1 Å². The molecule has 0 spiro atoms. The Balaban J connectivity index is 0.000000392. The van der Waals surface area contributed by atoms with Gasteiger partial charge in [0, 0.05) is 10.8 Å². The summed E-state index contributed by atoms with van der Waals surface area (Å²) in [5.74, 6) is -9.79. The Kier molecular flexibility index (Phi) is 7.86. The summed E-state index contributed by atoms with van der Waals surface area (Å²) >= 11 is 4.21. The molecule has 192 valence electrons. The molecule has 0 bridgehead atoms. The van der Waals surface area contributed by atoms with Gasteiger partial charge < -0.3 is 0 Å². The minimum atomic E-state index is -5.84. The third kappa shape index (κ3) is 5.42. The first-order chi connectivity index (χ1) is 16.6. The average Bonchev–Trinajstić information content (AvgIpc) is 2.80. The minimum Gasteiger partial charge on any atom is -0.279 e. The first kappa shape index (κ1) is 27.7. The van der Waals surface area contributed by atoms with Crippen molar-refractivity contribution in [3.8, 4) is 0 Å². The van der Waals surface area contributed by atoms with Crippen LogP contribution in [0.25, 0.3) is 21.5 Å². The van der Waals surface area contributed by atoms with Crippen molar-refractivity contribution in [3.63, 3.8) is 0 Å². The summed E-state index contributed by atoms with van der Waals surface area (Å²) in [6.07, 6.45) is -0.0106. The molecule has 0 saturated heterocycles. The number of benzene rings is 4. The van der Waals surface area contributed by atoms with Gasteiger partial charge in [0.25, 0.3) is 0 Å². The van der Waals surface area contributed by atoms with Gasteiger partial charge in [0.15, 0.2) is 23.3 Å². The zero-order chi connectivity index (χ0) is 27.0. The lowest BCUT2D eigenvalue weighted by Crippen LogP contribution is -2.21. The first-order valence-electron chi connectivity index (χ1n) is 9.77. The molecule has 13 heteroatoms. The van der Waals surface area contributed by atoms with Crippen molar-refractivity contribution in [2.75, 3.05) is 0 Å². The lowest BCUT2D eigenvalue weighted by Gasteiger charge is -2.18. The molecule has 36 heavy (non-hydrogen) atoms. The van der Waals surface area contributed by atoms with Crippen molar-refractivity contribution >= 4 is 44.3 Å². The Morgan fingerprint density at radius 3 is 1.50 bits per heavy atom. The molecule has 0 saturated carbocycles. The Labute approximate surface area is 204 Å². The summed E-state index contributed by atoms with van der Waals surface area (Å²) in [5.41, 5.74) is -5.72. The summed E-state index contributed by atoms with van der Waals surface area (Å²) in [6.45, 7) is 0. The van der Waals surface area contributed by atoms with E-state index in [1.165, 1.54) is 0 Å². The highest BCUT2D eigenvalue weighted by Crippen LogP contribution is 2.37. The molecule has 0 aliphatic heterocycles. The van der Waals surface area contributed by atoms with Gasteiger partial charge in [-0.05, 0) is 39.6 Å². The Hall–Kier alpha value is -2.90. The van der Waals surface area contributed by atoms with E-state index in [2.05, 4.69) is 12.6 Å². The Bertz CT molecular complexity index is 1470. The second-order valence-electron chi connectivity index (χ2n) is 7.42. The first-order valence-corrected chi connectivity index (χ1v) is 11.7. The second-order valence-corrected chi connectivity index (χ2v) is 9.46. The topological polar surface area (TPSA) is 54.4 Å². The molecule has 4 aromatic rings. The molecule has 0 fully saturated rings. The van der Waals surface area contributed by atoms with Gasteiger partial charge in [-0.2, -0.15) is 34.2 Å². The van der Waals surface area contributed by atoms with Crippen LogP contribution in [0.5, 0.6) is 0 Å². The van der Waals surface area contributed by atoms with E-state index in [-0.39, 0.29) is 6.42 Å². The molecule has 4 aromatic carbocycles. The Morgan fingerprint density at radius 2 is 1.11 bits per heavy atom. The fraction of sp³-hybridized carbons (Fsp3) is 0.130. The van der Waals surface area contributed by atoms with Gasteiger partial charge in [0.1, 0.15) is 0 Å². The molecular formula is C23H14F8O3S2. The average molecular weight is 554 g/mol. The van der Waals surface area contributed by atoms with E-state index in [0.717, 1.165) is 27.1 Å². The largest absolute Gasteiger partial charge is 0.522 e. The van der Waals surface area contributed by atoms with E-state index in [0.29, 0.717) is 0 Å². The number of rotatable bonds is 3. The highest BCUT2D eigenvalue weighted by molar-refractivity contribution is 7.86. The second kappa shape index (κ2) is 10.2. The van der Waals surface area contributed by atoms with Gasteiger partial charge >= 0.3 is 15.6 Å². The van der Waals surface area contributed by atoms with Crippen LogP contribution in [0, 0.1) is 29.1 Å². The fourth-order valence-corrected chi connectivity index (χ4v) is 3.95. The number of thiol groups is 1. The number of halogens is 8. The zero-order valence-electron chi connectivity index (χ0n) is 17.6. The van der Waals surface area contributed by atoms with Crippen molar-refractivity contribution in [2.45, 2.75) is 17.2 Å². The van der Waals surface area contributed by atoms with E-state index >= 15 is 0 Å². The summed E-state index contributed by atoms with van der Waals surface area (Å²) in [4.78, 5) is 0. The molecule has 0 aliphatic carbocycles. The summed E-state index contributed by atoms with van der Waals surface area (Å²) in [5, 5.41) is 2.27. The van der Waals surface area contributed by atoms with Gasteiger partial charge in [-0.1, -0.05) is 48.5 Å². The van der Waals surface area contributed by atoms with Crippen molar-refractivity contribution in [1.82, 2.24) is 0 Å². The molecule has 0 radical (unpaired) electrons. The molecule has 1 N–H and O–H groups in total. The fourth-order valence-electron chi connectivity index (χ4n) is 3.54. The van der Waals surface area contributed by atoms with Crippen LogP contribution in [0.1, 0.15) is 16.4 Å². The van der Waals surface area contributed by atoms with Gasteiger partial charge in [0.05, 0.1) is 0 Å². The van der Waals surface area contributed by atoms with Crippen molar-refractivity contribution in [1.29, 1.82) is 0 Å². The third-order valence-electron chi connectivity index (χ3n) is 5.15. The zero-order valence-corrected chi connectivity index (χ0v) is 19.3. The number of fused-ring (bicyclic) bond motifs is 2. The maximum atomic E-state index is 14.2. The van der Waals surface area contributed by atoms with Crippen LogP contribution in [0.3, 0.4) is 0 Å². The molecule has 0 aromatic heterocycles. The lowest BCUT2D eigenvalue weighted by atomic mass is 9.92. The molecule has 0 aliphatic rings. The van der Waals surface area contributed by atoms with Crippen LogP contribution >= 0.6 is 12.6 Å². The molecule has 0 amide bonds. The van der Waals surface area contributed by atoms with Gasteiger partial charge in [-0.25, -0.2) is 22.0 Å². The van der Waals surface area contributed by atoms with Gasteiger partial charge in [-0.3, -0.25) is 4.55 Å². The van der Waals surface area contributed by atoms with Crippen LogP contribution in [0.15, 0.2) is 54.6 Å². The van der Waals surface area contributed by atoms with Crippen molar-refractivity contribution in [3.05, 3.63) is 94.8 Å². The Morgan fingerprint density at radius 1 is 0.750 bits per heavy atom. The smallest absolute Gasteiger partial charge is 0.279 e. The van der Waals surface area contributed by atoms with Crippen LogP contribution in [-0.4, -0.2) is 18.5 Å². The van der Waals surface area contributed by atoms with Gasteiger partial charge in [0.2, 0.25) is 5.82 Å². The van der Waals surface area contributed by atoms with Crippen molar-refractivity contribution in [2.24, 2.45) is 0 Å². The number of hydrogen-bond donors (Lipinski definition) is 2. The maximum Gasteiger partial charge on any atom is 0.522 e. The predicted molar refractivity (Wildman–Crippen MR) is 121 cm³/mol. The summed E-state index contributed by atoms with van der Waals surface area (Å²) in [6, 6.07) is 16.9. The number of alkyl halides is 3. The van der Waals surface area contributed by atoms with E-state index in [1.54, 1.807) is 0 Å². The predicted octanol–water partition coefficient (Wildman–Crippen LogP) is 7.30. The monoisotopic (exact) mass is 554 g/mol. The van der Waals surface area contributed by atoms with E-state index in [1.807, 2.05) is 54.6 Å². The molecule has 1 atom stereocenters. The van der Waals surface area contributed by atoms with Gasteiger partial charge in [-0.15, -0.1) is 0 Å². The lowest BCUT2D eigenvalue weighted by molar-refractivity contribution is -0.0510. The standard InChI is InChI=1S/C22H13F5S.CHF3O3S/c23-18-17(19(24)21(26)22(27)20(18)25)16(28)10-15-13-7-3-1-5-11(13)9-12-6-2-4-8-14(12)15;2-1(3,4)8(5,6)7/h1-9,16,28H,10H2;(H,5,6,7). The summed E-state index contributed by atoms with van der Waals surface area (Å²) < 4.78 is 127. The van der Waals surface area contributed by atoms with E-state index in [4.69, 9.17) is 13.0 Å². The SMILES string of the molecule is Fc1c(F)c(F)c(C(S)Cc2c3ccccc3cc3ccccc23)c(F)c1F.O=S(=O)(O)C(F)(F)F. The van der Waals surface area contributed by atoms with Crippen LogP contribution < -0.4 is 0 Å². The molecular weight excluding hydrogens is 540 g/mol. The highest BCUT2D eigenvalue weighted by atomic mass is 32.2. The van der Waals surface area contributed by atoms with Crippen LogP contribution in [0.4, 0.5) is 35.1 Å². The molecule has 3 nitrogen and oxygen atoms in total. The van der Waals surface area contributed by atoms with E-state index in [9.17, 15) is 35.1 Å². The quantitative estimate of drug-likeness (QED) is 0.0532. The van der Waals surface area contributed by atoms with Crippen LogP contribution in [0.2, 0.25) is 0 Å². The maximum absolute atomic E-state index is 14.2. The molecule has 1 unspecified atom stereocenters. The summed E-state index contributed by atoms with van der Waals surface area (Å²) in [7, 11) is -5.84. The van der Waals surface area contributed by atoms with Crippen LogP contribution in [-0.2, 0) is 16.5 Å². The van der Waals surface area contributed by atoms with E-state index < -0.39 is 55.5 Å². The third-order valence-corrected chi connectivity index (χ3v) is 6.18. The molecule has 0 heterocycles. The number of hydrogen-bond acceptors (Lipinski definition) is 3. The normalized spacial score (nSPS) is 12.9.